The summed E-state index contributed by atoms with van der Waals surface area (Å²) >= 11 is 0. The van der Waals surface area contributed by atoms with Crippen LogP contribution in [0, 0.1) is 12.3 Å². The number of terminal acetylenes is 1. The van der Waals surface area contributed by atoms with Crippen molar-refractivity contribution in [3.8, 4) is 12.3 Å². The minimum atomic E-state index is -0.438. The first kappa shape index (κ1) is 12.2. The van der Waals surface area contributed by atoms with Gasteiger partial charge in [0.25, 0.3) is 0 Å². The molecular weight excluding hydrogens is 162 g/mol. The van der Waals surface area contributed by atoms with Crippen molar-refractivity contribution in [3.05, 3.63) is 0 Å². The maximum absolute atomic E-state index is 11.3. The number of rotatable bonds is 7. The van der Waals surface area contributed by atoms with E-state index in [2.05, 4.69) is 12.8 Å². The molecule has 0 saturated heterocycles. The summed E-state index contributed by atoms with van der Waals surface area (Å²) in [4.78, 5) is 11.3. The molecule has 0 heterocycles. The van der Waals surface area contributed by atoms with E-state index in [-0.39, 0.29) is 5.78 Å². The van der Waals surface area contributed by atoms with Crippen molar-refractivity contribution < 1.29 is 4.79 Å². The predicted octanol–water partition coefficient (Wildman–Crippen LogP) is 1.88. The number of Topliss-reactive ketones (excluding diaryl/α,β-unsaturated/α-hetero) is 1. The molecule has 0 aliphatic heterocycles. The van der Waals surface area contributed by atoms with Gasteiger partial charge in [0.2, 0.25) is 0 Å². The Kier molecular flexibility index (Phi) is 7.33. The quantitative estimate of drug-likeness (QED) is 0.481. The monoisotopic (exact) mass is 181 g/mol. The van der Waals surface area contributed by atoms with E-state index in [9.17, 15) is 4.79 Å². The molecule has 0 rings (SSSR count). The Morgan fingerprint density at radius 3 is 2.69 bits per heavy atom. The van der Waals surface area contributed by atoms with Gasteiger partial charge in [-0.15, -0.1) is 12.3 Å². The average molecular weight is 181 g/mol. The standard InChI is InChI=1S/C11H19NO/c1-3-5-6-7-9-11(13)10(12)8-4-2/h2,10H,3,5-9,12H2,1H3. The average Bonchev–Trinajstić information content (AvgIpc) is 2.12. The van der Waals surface area contributed by atoms with Gasteiger partial charge in [-0.3, -0.25) is 4.79 Å². The Hall–Kier alpha value is -0.810. The van der Waals surface area contributed by atoms with Crippen LogP contribution in [0.2, 0.25) is 0 Å². The van der Waals surface area contributed by atoms with Crippen LogP contribution < -0.4 is 5.73 Å². The lowest BCUT2D eigenvalue weighted by Crippen LogP contribution is -2.29. The van der Waals surface area contributed by atoms with Gasteiger partial charge < -0.3 is 5.73 Å². The second kappa shape index (κ2) is 7.82. The first-order valence-corrected chi connectivity index (χ1v) is 4.94. The van der Waals surface area contributed by atoms with E-state index in [0.717, 1.165) is 12.8 Å². The van der Waals surface area contributed by atoms with Crippen LogP contribution in [-0.2, 0) is 4.79 Å². The number of nitrogens with two attached hydrogens (primary N) is 1. The summed E-state index contributed by atoms with van der Waals surface area (Å²) in [5, 5.41) is 0. The van der Waals surface area contributed by atoms with E-state index in [1.54, 1.807) is 0 Å². The van der Waals surface area contributed by atoms with Gasteiger partial charge in [0.1, 0.15) is 0 Å². The second-order valence-electron chi connectivity index (χ2n) is 3.29. The molecule has 2 N–H and O–H groups in total. The minimum Gasteiger partial charge on any atom is -0.321 e. The number of carbonyl (C=O) groups excluding carboxylic acids is 1. The van der Waals surface area contributed by atoms with Crippen LogP contribution in [0.25, 0.3) is 0 Å². The molecular formula is C11H19NO. The molecule has 0 aliphatic carbocycles. The maximum atomic E-state index is 11.3. The van der Waals surface area contributed by atoms with Crippen molar-refractivity contribution in [2.24, 2.45) is 5.73 Å². The summed E-state index contributed by atoms with van der Waals surface area (Å²) in [6.07, 6.45) is 10.5. The SMILES string of the molecule is C#CCC(N)C(=O)CCCCCC. The van der Waals surface area contributed by atoms with Crippen molar-refractivity contribution in [1.29, 1.82) is 0 Å². The van der Waals surface area contributed by atoms with E-state index >= 15 is 0 Å². The Balaban J connectivity index is 3.45. The van der Waals surface area contributed by atoms with E-state index in [1.165, 1.54) is 12.8 Å². The molecule has 13 heavy (non-hydrogen) atoms. The largest absolute Gasteiger partial charge is 0.321 e. The van der Waals surface area contributed by atoms with Crippen LogP contribution in [-0.4, -0.2) is 11.8 Å². The van der Waals surface area contributed by atoms with E-state index in [0.29, 0.717) is 12.8 Å². The Morgan fingerprint density at radius 2 is 2.15 bits per heavy atom. The molecule has 0 radical (unpaired) electrons. The van der Waals surface area contributed by atoms with Crippen molar-refractivity contribution >= 4 is 5.78 Å². The number of hydrogen-bond acceptors (Lipinski definition) is 2. The van der Waals surface area contributed by atoms with Gasteiger partial charge in [-0.2, -0.15) is 0 Å². The summed E-state index contributed by atoms with van der Waals surface area (Å²) in [6, 6.07) is -0.438. The third-order valence-electron chi connectivity index (χ3n) is 2.03. The van der Waals surface area contributed by atoms with Crippen LogP contribution in [0.4, 0.5) is 0 Å². The zero-order valence-corrected chi connectivity index (χ0v) is 8.38. The topological polar surface area (TPSA) is 43.1 Å². The Morgan fingerprint density at radius 1 is 1.46 bits per heavy atom. The smallest absolute Gasteiger partial charge is 0.150 e. The summed E-state index contributed by atoms with van der Waals surface area (Å²) in [5.74, 6) is 2.51. The maximum Gasteiger partial charge on any atom is 0.150 e. The van der Waals surface area contributed by atoms with Crippen molar-refractivity contribution in [2.45, 2.75) is 51.5 Å². The fourth-order valence-electron chi connectivity index (χ4n) is 1.15. The molecule has 0 aliphatic rings. The van der Waals surface area contributed by atoms with Crippen LogP contribution in [0.5, 0.6) is 0 Å². The summed E-state index contributed by atoms with van der Waals surface area (Å²) in [7, 11) is 0. The zero-order chi connectivity index (χ0) is 10.1. The van der Waals surface area contributed by atoms with Crippen LogP contribution >= 0.6 is 0 Å². The van der Waals surface area contributed by atoms with E-state index in [4.69, 9.17) is 12.2 Å². The molecule has 1 unspecified atom stereocenters. The highest BCUT2D eigenvalue weighted by Gasteiger charge is 2.10. The lowest BCUT2D eigenvalue weighted by molar-refractivity contribution is -0.120. The fraction of sp³-hybridized carbons (Fsp3) is 0.727. The number of ketones is 1. The Labute approximate surface area is 80.9 Å². The Bertz CT molecular complexity index is 181. The van der Waals surface area contributed by atoms with Gasteiger partial charge in [0.05, 0.1) is 6.04 Å². The van der Waals surface area contributed by atoms with Gasteiger partial charge in [0.15, 0.2) is 5.78 Å². The molecule has 74 valence electrons. The first-order valence-electron chi connectivity index (χ1n) is 4.94. The minimum absolute atomic E-state index is 0.106. The highest BCUT2D eigenvalue weighted by Crippen LogP contribution is 2.04. The third-order valence-corrected chi connectivity index (χ3v) is 2.03. The molecule has 0 aromatic carbocycles. The van der Waals surface area contributed by atoms with Gasteiger partial charge in [-0.05, 0) is 6.42 Å². The van der Waals surface area contributed by atoms with Gasteiger partial charge in [0, 0.05) is 12.8 Å². The van der Waals surface area contributed by atoms with E-state index < -0.39 is 6.04 Å². The highest BCUT2D eigenvalue weighted by atomic mass is 16.1. The summed E-state index contributed by atoms with van der Waals surface area (Å²) in [6.45, 7) is 2.14. The molecule has 0 fully saturated rings. The fourth-order valence-corrected chi connectivity index (χ4v) is 1.15. The zero-order valence-electron chi connectivity index (χ0n) is 8.38. The van der Waals surface area contributed by atoms with Crippen LogP contribution in [0.1, 0.15) is 45.4 Å². The van der Waals surface area contributed by atoms with Gasteiger partial charge >= 0.3 is 0 Å². The molecule has 1 atom stereocenters. The van der Waals surface area contributed by atoms with Gasteiger partial charge in [-0.1, -0.05) is 26.2 Å². The highest BCUT2D eigenvalue weighted by molar-refractivity contribution is 5.83. The van der Waals surface area contributed by atoms with Crippen molar-refractivity contribution in [3.63, 3.8) is 0 Å². The van der Waals surface area contributed by atoms with E-state index in [1.807, 2.05) is 0 Å². The third kappa shape index (κ3) is 6.36. The number of hydrogen-bond donors (Lipinski definition) is 1. The molecule has 0 aromatic heterocycles. The lowest BCUT2D eigenvalue weighted by Gasteiger charge is -2.05. The molecule has 0 amide bonds. The predicted molar refractivity (Wildman–Crippen MR) is 55.2 cm³/mol. The summed E-state index contributed by atoms with van der Waals surface area (Å²) in [5.41, 5.74) is 5.55. The van der Waals surface area contributed by atoms with Crippen LogP contribution in [0.15, 0.2) is 0 Å². The molecule has 0 aromatic rings. The molecule has 0 spiro atoms. The second-order valence-corrected chi connectivity index (χ2v) is 3.29. The van der Waals surface area contributed by atoms with Crippen molar-refractivity contribution in [1.82, 2.24) is 0 Å². The normalized spacial score (nSPS) is 12.1. The van der Waals surface area contributed by atoms with Crippen molar-refractivity contribution in [2.75, 3.05) is 0 Å². The number of unbranched alkanes of at least 4 members (excludes halogenated alkanes) is 3. The molecule has 0 saturated carbocycles. The number of carbonyl (C=O) groups is 1. The molecule has 2 heteroatoms. The van der Waals surface area contributed by atoms with Gasteiger partial charge in [-0.25, -0.2) is 0 Å². The first-order chi connectivity index (χ1) is 6.22. The van der Waals surface area contributed by atoms with Crippen LogP contribution in [0.3, 0.4) is 0 Å². The lowest BCUT2D eigenvalue weighted by atomic mass is 10.0. The summed E-state index contributed by atoms with van der Waals surface area (Å²) < 4.78 is 0. The molecule has 0 bridgehead atoms. The molecule has 2 nitrogen and oxygen atoms in total.